The maximum absolute atomic E-state index is 11.8. The van der Waals surface area contributed by atoms with Crippen molar-refractivity contribution in [1.82, 2.24) is 0 Å². The smallest absolute Gasteiger partial charge is 0.310 e. The summed E-state index contributed by atoms with van der Waals surface area (Å²) in [5.41, 5.74) is 0.426. The molecule has 0 amide bonds. The average molecular weight is 224 g/mol. The lowest BCUT2D eigenvalue weighted by molar-refractivity contribution is -0.177. The van der Waals surface area contributed by atoms with E-state index in [1.807, 2.05) is 6.92 Å². The number of esters is 1. The number of hydrogen-bond acceptors (Lipinski definition) is 3. The van der Waals surface area contributed by atoms with Crippen molar-refractivity contribution in [3.63, 3.8) is 0 Å². The maximum Gasteiger partial charge on any atom is 0.310 e. The lowest BCUT2D eigenvalue weighted by Crippen LogP contribution is -2.61. The Morgan fingerprint density at radius 1 is 1.62 bits per heavy atom. The van der Waals surface area contributed by atoms with Gasteiger partial charge in [0.15, 0.2) is 0 Å². The topological polar surface area (TPSA) is 46.5 Å². The Labute approximate surface area is 96.5 Å². The Morgan fingerprint density at radius 2 is 2.25 bits per heavy atom. The highest BCUT2D eigenvalue weighted by atomic mass is 16.6. The van der Waals surface area contributed by atoms with Gasteiger partial charge in [0.2, 0.25) is 0 Å². The van der Waals surface area contributed by atoms with Crippen LogP contribution < -0.4 is 0 Å². The fraction of sp³-hybridized carbons (Fsp3) is 0.769. The van der Waals surface area contributed by atoms with Crippen molar-refractivity contribution in [2.45, 2.75) is 39.2 Å². The molecular weight excluding hydrogens is 204 g/mol. The van der Waals surface area contributed by atoms with Crippen LogP contribution in [-0.2, 0) is 9.53 Å². The molecule has 0 aromatic heterocycles. The molecule has 0 aromatic rings. The van der Waals surface area contributed by atoms with Gasteiger partial charge in [0.1, 0.15) is 5.60 Å². The molecule has 3 heteroatoms. The Bertz CT molecular complexity index is 345. The van der Waals surface area contributed by atoms with Gasteiger partial charge in [-0.25, -0.2) is 0 Å². The largest absolute Gasteiger partial charge is 0.453 e. The quantitative estimate of drug-likeness (QED) is 0.588. The molecule has 2 aliphatic rings. The predicted molar refractivity (Wildman–Crippen MR) is 60.7 cm³/mol. The van der Waals surface area contributed by atoms with Gasteiger partial charge in [-0.1, -0.05) is 20.4 Å². The summed E-state index contributed by atoms with van der Waals surface area (Å²) in [6.07, 6.45) is 1.48. The molecule has 90 valence electrons. The molecule has 3 nitrogen and oxygen atoms in total. The first-order chi connectivity index (χ1) is 7.37. The fourth-order valence-corrected chi connectivity index (χ4v) is 3.69. The average Bonchev–Trinajstić information content (AvgIpc) is 2.40. The molecule has 1 N–H and O–H groups in total. The third-order valence-corrected chi connectivity index (χ3v) is 4.38. The van der Waals surface area contributed by atoms with E-state index >= 15 is 0 Å². The number of ether oxygens (including phenoxy) is 1. The number of carbonyl (C=O) groups excluding carboxylic acids is 1. The fourth-order valence-electron chi connectivity index (χ4n) is 3.69. The van der Waals surface area contributed by atoms with Gasteiger partial charge < -0.3 is 9.84 Å². The van der Waals surface area contributed by atoms with Crippen LogP contribution in [0.5, 0.6) is 0 Å². The number of rotatable bonds is 3. The van der Waals surface area contributed by atoms with Crippen molar-refractivity contribution in [2.24, 2.45) is 17.3 Å². The second-order valence-corrected chi connectivity index (χ2v) is 5.75. The van der Waals surface area contributed by atoms with E-state index in [1.165, 1.54) is 0 Å². The van der Waals surface area contributed by atoms with Crippen LogP contribution in [0.25, 0.3) is 0 Å². The van der Waals surface area contributed by atoms with Gasteiger partial charge in [-0.15, -0.1) is 0 Å². The van der Waals surface area contributed by atoms with Gasteiger partial charge in [-0.3, -0.25) is 4.79 Å². The SMILES string of the molecule is C=C(C)[C@@]12OC(=O)[C@@H](CCO)[C@@H]1CC2(C)C. The molecule has 0 radical (unpaired) electrons. The molecule has 2 fully saturated rings. The number of fused-ring (bicyclic) bond motifs is 1. The molecule has 1 saturated carbocycles. The highest BCUT2D eigenvalue weighted by Crippen LogP contribution is 2.65. The Morgan fingerprint density at radius 3 is 2.62 bits per heavy atom. The van der Waals surface area contributed by atoms with Crippen LogP contribution >= 0.6 is 0 Å². The Balaban J connectivity index is 2.33. The number of aliphatic hydroxyl groups excluding tert-OH is 1. The van der Waals surface area contributed by atoms with Gasteiger partial charge >= 0.3 is 5.97 Å². The van der Waals surface area contributed by atoms with E-state index in [1.54, 1.807) is 0 Å². The lowest BCUT2D eigenvalue weighted by atomic mass is 9.48. The van der Waals surface area contributed by atoms with Gasteiger partial charge in [0.05, 0.1) is 5.92 Å². The predicted octanol–water partition coefficient (Wildman–Crippen LogP) is 1.90. The zero-order valence-corrected chi connectivity index (χ0v) is 10.2. The van der Waals surface area contributed by atoms with E-state index in [9.17, 15) is 4.79 Å². The van der Waals surface area contributed by atoms with Crippen LogP contribution in [0, 0.1) is 17.3 Å². The van der Waals surface area contributed by atoms with Crippen LogP contribution in [0.1, 0.15) is 33.6 Å². The summed E-state index contributed by atoms with van der Waals surface area (Å²) in [5.74, 6) is -0.0954. The molecule has 0 aromatic carbocycles. The van der Waals surface area contributed by atoms with E-state index in [4.69, 9.17) is 9.84 Å². The van der Waals surface area contributed by atoms with Crippen molar-refractivity contribution in [1.29, 1.82) is 0 Å². The molecule has 1 saturated heterocycles. The van der Waals surface area contributed by atoms with Gasteiger partial charge in [-0.2, -0.15) is 0 Å². The van der Waals surface area contributed by atoms with Crippen LogP contribution in [0.3, 0.4) is 0 Å². The summed E-state index contributed by atoms with van der Waals surface area (Å²) in [7, 11) is 0. The second kappa shape index (κ2) is 3.33. The minimum Gasteiger partial charge on any atom is -0.453 e. The maximum atomic E-state index is 11.8. The first-order valence-electron chi connectivity index (χ1n) is 5.86. The minimum atomic E-state index is -0.482. The standard InChI is InChI=1S/C13H20O3/c1-8(2)13-10(7-12(13,3)4)9(5-6-14)11(15)16-13/h9-10,14H,1,5-7H2,2-4H3/t9-,10-,13+/m0/s1. The summed E-state index contributed by atoms with van der Waals surface area (Å²) in [6.45, 7) is 10.2. The molecule has 0 unspecified atom stereocenters. The first-order valence-corrected chi connectivity index (χ1v) is 5.86. The number of hydrogen-bond donors (Lipinski definition) is 1. The molecule has 1 aliphatic heterocycles. The van der Waals surface area contributed by atoms with Crippen molar-refractivity contribution in [3.05, 3.63) is 12.2 Å². The van der Waals surface area contributed by atoms with Crippen LogP contribution in [0.2, 0.25) is 0 Å². The van der Waals surface area contributed by atoms with E-state index in [-0.39, 0.29) is 29.8 Å². The Hall–Kier alpha value is -0.830. The molecule has 0 spiro atoms. The zero-order valence-electron chi connectivity index (χ0n) is 10.2. The lowest BCUT2D eigenvalue weighted by Gasteiger charge is -2.57. The van der Waals surface area contributed by atoms with Crippen molar-refractivity contribution < 1.29 is 14.6 Å². The van der Waals surface area contributed by atoms with Crippen LogP contribution in [0.4, 0.5) is 0 Å². The zero-order chi connectivity index (χ0) is 12.1. The molecule has 1 heterocycles. The van der Waals surface area contributed by atoms with Crippen LogP contribution in [0.15, 0.2) is 12.2 Å². The number of carbonyl (C=O) groups is 1. The molecule has 0 bridgehead atoms. The summed E-state index contributed by atoms with van der Waals surface area (Å²) in [5, 5.41) is 9.00. The molecule has 16 heavy (non-hydrogen) atoms. The van der Waals surface area contributed by atoms with Crippen LogP contribution in [-0.4, -0.2) is 23.3 Å². The minimum absolute atomic E-state index is 0.0244. The molecule has 3 atom stereocenters. The monoisotopic (exact) mass is 224 g/mol. The van der Waals surface area contributed by atoms with E-state index in [0.717, 1.165) is 12.0 Å². The highest BCUT2D eigenvalue weighted by molar-refractivity contribution is 5.78. The summed E-state index contributed by atoms with van der Waals surface area (Å²) >= 11 is 0. The van der Waals surface area contributed by atoms with E-state index in [0.29, 0.717) is 6.42 Å². The van der Waals surface area contributed by atoms with Gasteiger partial charge in [-0.05, 0) is 25.3 Å². The highest BCUT2D eigenvalue weighted by Gasteiger charge is 2.70. The van der Waals surface area contributed by atoms with Crippen molar-refractivity contribution >= 4 is 5.97 Å². The number of aliphatic hydroxyl groups is 1. The first kappa shape index (κ1) is 11.6. The van der Waals surface area contributed by atoms with E-state index < -0.39 is 5.60 Å². The molecule has 2 rings (SSSR count). The third kappa shape index (κ3) is 1.15. The second-order valence-electron chi connectivity index (χ2n) is 5.75. The van der Waals surface area contributed by atoms with E-state index in [2.05, 4.69) is 20.4 Å². The Kier molecular flexibility index (Phi) is 2.42. The van der Waals surface area contributed by atoms with Crippen molar-refractivity contribution in [3.8, 4) is 0 Å². The summed E-state index contributed by atoms with van der Waals surface area (Å²) in [4.78, 5) is 11.8. The van der Waals surface area contributed by atoms with Crippen molar-refractivity contribution in [2.75, 3.05) is 6.61 Å². The van der Waals surface area contributed by atoms with Gasteiger partial charge in [0, 0.05) is 17.9 Å². The summed E-state index contributed by atoms with van der Waals surface area (Å²) in [6, 6.07) is 0. The normalized spacial score (nSPS) is 39.9. The summed E-state index contributed by atoms with van der Waals surface area (Å²) < 4.78 is 5.64. The van der Waals surface area contributed by atoms with Gasteiger partial charge in [0.25, 0.3) is 0 Å². The molecular formula is C13H20O3. The molecule has 1 aliphatic carbocycles. The third-order valence-electron chi connectivity index (χ3n) is 4.38.